The Hall–Kier alpha value is -1.01. The van der Waals surface area contributed by atoms with Gasteiger partial charge in [0.25, 0.3) is 0 Å². The molecule has 0 atom stereocenters. The van der Waals surface area contributed by atoms with Gasteiger partial charge in [-0.05, 0) is 57.0 Å². The van der Waals surface area contributed by atoms with Gasteiger partial charge < -0.3 is 20.4 Å². The van der Waals surface area contributed by atoms with Crippen LogP contribution in [0.3, 0.4) is 0 Å². The van der Waals surface area contributed by atoms with Crippen molar-refractivity contribution in [2.24, 2.45) is 4.99 Å². The highest BCUT2D eigenvalue weighted by Gasteiger charge is 2.12. The van der Waals surface area contributed by atoms with Crippen LogP contribution in [0.2, 0.25) is 10.0 Å². The maximum atomic E-state index is 6.21. The van der Waals surface area contributed by atoms with Crippen LogP contribution in [0.5, 0.6) is 0 Å². The van der Waals surface area contributed by atoms with Crippen molar-refractivity contribution in [1.82, 2.24) is 20.4 Å². The second kappa shape index (κ2) is 12.4. The molecule has 0 saturated carbocycles. The van der Waals surface area contributed by atoms with E-state index in [4.69, 9.17) is 23.2 Å². The summed E-state index contributed by atoms with van der Waals surface area (Å²) in [5, 5.41) is 8.19. The molecule has 0 spiro atoms. The molecule has 0 amide bonds. The van der Waals surface area contributed by atoms with Crippen molar-refractivity contribution in [2.75, 3.05) is 59.9 Å². The summed E-state index contributed by atoms with van der Waals surface area (Å²) >= 11 is 12.1. The zero-order chi connectivity index (χ0) is 19.5. The van der Waals surface area contributed by atoms with Crippen molar-refractivity contribution in [3.8, 4) is 0 Å². The van der Waals surface area contributed by atoms with Gasteiger partial charge in [0, 0.05) is 56.4 Å². The van der Waals surface area contributed by atoms with Crippen LogP contribution in [-0.2, 0) is 6.42 Å². The quantitative estimate of drug-likeness (QED) is 0.370. The first-order chi connectivity index (χ1) is 13.1. The summed E-state index contributed by atoms with van der Waals surface area (Å²) in [5.41, 5.74) is 1.13. The maximum Gasteiger partial charge on any atom is 0.190 e. The molecule has 7 heteroatoms. The highest BCUT2D eigenvalue weighted by atomic mass is 35.5. The average molecular weight is 414 g/mol. The van der Waals surface area contributed by atoms with Gasteiger partial charge in [0.2, 0.25) is 0 Å². The van der Waals surface area contributed by atoms with Crippen LogP contribution in [-0.4, -0.2) is 75.7 Å². The van der Waals surface area contributed by atoms with Crippen molar-refractivity contribution in [2.45, 2.75) is 25.7 Å². The molecule has 0 aliphatic carbocycles. The molecule has 1 aliphatic heterocycles. The number of piperazine rings is 1. The number of aryl methyl sites for hydroxylation is 1. The average Bonchev–Trinajstić information content (AvgIpc) is 2.66. The minimum absolute atomic E-state index is 0.680. The summed E-state index contributed by atoms with van der Waals surface area (Å²) < 4.78 is 0. The van der Waals surface area contributed by atoms with Gasteiger partial charge in [-0.15, -0.1) is 0 Å². The van der Waals surface area contributed by atoms with E-state index in [1.54, 1.807) is 6.07 Å². The molecule has 0 aromatic heterocycles. The first-order valence-electron chi connectivity index (χ1n) is 9.88. The maximum absolute atomic E-state index is 6.21. The van der Waals surface area contributed by atoms with E-state index in [1.807, 2.05) is 19.2 Å². The SMILES string of the molecule is CN=C(NCCCCN1CCN(C)CC1)NCCCc1ccc(Cl)cc1Cl. The molecule has 27 heavy (non-hydrogen) atoms. The number of likely N-dealkylation sites (N-methyl/N-ethyl adjacent to an activating group) is 1. The number of nitrogens with one attached hydrogen (secondary N) is 2. The molecule has 0 unspecified atom stereocenters. The topological polar surface area (TPSA) is 42.9 Å². The van der Waals surface area contributed by atoms with Crippen molar-refractivity contribution in [1.29, 1.82) is 0 Å². The van der Waals surface area contributed by atoms with Gasteiger partial charge in [-0.25, -0.2) is 0 Å². The molecule has 2 rings (SSSR count). The highest BCUT2D eigenvalue weighted by Crippen LogP contribution is 2.21. The Morgan fingerprint density at radius 2 is 1.74 bits per heavy atom. The first kappa shape index (κ1) is 22.3. The molecular formula is C20H33Cl2N5. The number of nitrogens with zero attached hydrogens (tertiary/aromatic N) is 3. The Balaban J connectivity index is 1.52. The molecule has 1 saturated heterocycles. The Labute approximate surface area is 174 Å². The zero-order valence-electron chi connectivity index (χ0n) is 16.6. The molecule has 152 valence electrons. The van der Waals surface area contributed by atoms with Crippen LogP contribution in [0, 0.1) is 0 Å². The van der Waals surface area contributed by atoms with Gasteiger partial charge >= 0.3 is 0 Å². The van der Waals surface area contributed by atoms with Crippen molar-refractivity contribution in [3.63, 3.8) is 0 Å². The number of rotatable bonds is 9. The third-order valence-electron chi connectivity index (χ3n) is 4.94. The standard InChI is InChI=1S/C20H33Cl2N5/c1-23-20(24-9-3-4-11-27-14-12-26(2)13-15-27)25-10-5-6-17-7-8-18(21)16-19(17)22/h7-8,16H,3-6,9-15H2,1-2H3,(H2,23,24,25). The lowest BCUT2D eigenvalue weighted by molar-refractivity contribution is 0.152. The normalized spacial score (nSPS) is 16.5. The van der Waals surface area contributed by atoms with E-state index in [0.717, 1.165) is 48.9 Å². The molecule has 2 N–H and O–H groups in total. The number of aliphatic imine (C=N–C) groups is 1. The monoisotopic (exact) mass is 413 g/mol. The lowest BCUT2D eigenvalue weighted by atomic mass is 10.1. The fraction of sp³-hybridized carbons (Fsp3) is 0.650. The van der Waals surface area contributed by atoms with Gasteiger partial charge in [-0.3, -0.25) is 4.99 Å². The summed E-state index contributed by atoms with van der Waals surface area (Å²) in [4.78, 5) is 9.25. The number of hydrogen-bond acceptors (Lipinski definition) is 3. The fourth-order valence-electron chi connectivity index (χ4n) is 3.17. The van der Waals surface area contributed by atoms with Crippen LogP contribution >= 0.6 is 23.2 Å². The lowest BCUT2D eigenvalue weighted by Gasteiger charge is -2.32. The molecule has 1 aliphatic rings. The Morgan fingerprint density at radius 1 is 1.04 bits per heavy atom. The van der Waals surface area contributed by atoms with Gasteiger partial charge in [-0.1, -0.05) is 29.3 Å². The van der Waals surface area contributed by atoms with E-state index in [-0.39, 0.29) is 0 Å². The van der Waals surface area contributed by atoms with Crippen molar-refractivity contribution >= 4 is 29.2 Å². The van der Waals surface area contributed by atoms with Crippen LogP contribution in [0.4, 0.5) is 0 Å². The van der Waals surface area contributed by atoms with Crippen LogP contribution < -0.4 is 10.6 Å². The summed E-state index contributed by atoms with van der Waals surface area (Å²) in [7, 11) is 4.01. The van der Waals surface area contributed by atoms with E-state index in [9.17, 15) is 0 Å². The van der Waals surface area contributed by atoms with Crippen LogP contribution in [0.15, 0.2) is 23.2 Å². The van der Waals surface area contributed by atoms with E-state index >= 15 is 0 Å². The second-order valence-corrected chi connectivity index (χ2v) is 7.96. The largest absolute Gasteiger partial charge is 0.356 e. The minimum Gasteiger partial charge on any atom is -0.356 e. The van der Waals surface area contributed by atoms with Gasteiger partial charge in [0.1, 0.15) is 0 Å². The van der Waals surface area contributed by atoms with Crippen LogP contribution in [0.1, 0.15) is 24.8 Å². The summed E-state index contributed by atoms with van der Waals surface area (Å²) in [6.45, 7) is 7.79. The number of guanidine groups is 1. The molecule has 1 aromatic carbocycles. The van der Waals surface area contributed by atoms with Crippen molar-refractivity contribution in [3.05, 3.63) is 33.8 Å². The molecule has 1 fully saturated rings. The van der Waals surface area contributed by atoms with E-state index in [2.05, 4.69) is 32.5 Å². The minimum atomic E-state index is 0.680. The number of hydrogen-bond donors (Lipinski definition) is 2. The number of unbranched alkanes of at least 4 members (excludes halogenated alkanes) is 1. The Kier molecular flexibility index (Phi) is 10.3. The number of benzene rings is 1. The smallest absolute Gasteiger partial charge is 0.190 e. The third kappa shape index (κ3) is 8.69. The predicted octanol–water partition coefficient (Wildman–Crippen LogP) is 3.12. The van der Waals surface area contributed by atoms with Crippen molar-refractivity contribution < 1.29 is 0 Å². The van der Waals surface area contributed by atoms with Gasteiger partial charge in [0.05, 0.1) is 0 Å². The Bertz CT molecular complexity index is 586. The predicted molar refractivity (Wildman–Crippen MR) is 117 cm³/mol. The van der Waals surface area contributed by atoms with Crippen LogP contribution in [0.25, 0.3) is 0 Å². The third-order valence-corrected chi connectivity index (χ3v) is 5.53. The molecule has 1 aromatic rings. The molecule has 5 nitrogen and oxygen atoms in total. The fourth-order valence-corrected chi connectivity index (χ4v) is 3.67. The zero-order valence-corrected chi connectivity index (χ0v) is 18.1. The van der Waals surface area contributed by atoms with Gasteiger partial charge in [-0.2, -0.15) is 0 Å². The summed E-state index contributed by atoms with van der Waals surface area (Å²) in [6.07, 6.45) is 4.30. The molecule has 1 heterocycles. The highest BCUT2D eigenvalue weighted by molar-refractivity contribution is 6.35. The summed E-state index contributed by atoms with van der Waals surface area (Å²) in [5.74, 6) is 0.872. The van der Waals surface area contributed by atoms with E-state index < -0.39 is 0 Å². The molecular weight excluding hydrogens is 381 g/mol. The molecule has 0 bridgehead atoms. The van der Waals surface area contributed by atoms with Gasteiger partial charge in [0.15, 0.2) is 5.96 Å². The lowest BCUT2D eigenvalue weighted by Crippen LogP contribution is -2.44. The van der Waals surface area contributed by atoms with E-state index in [0.29, 0.717) is 5.02 Å². The Morgan fingerprint density at radius 3 is 2.41 bits per heavy atom. The summed E-state index contributed by atoms with van der Waals surface area (Å²) in [6, 6.07) is 5.69. The second-order valence-electron chi connectivity index (χ2n) is 7.12. The first-order valence-corrected chi connectivity index (χ1v) is 10.6. The molecule has 0 radical (unpaired) electrons. The number of halogens is 2. The van der Waals surface area contributed by atoms with E-state index in [1.165, 1.54) is 39.1 Å².